The summed E-state index contributed by atoms with van der Waals surface area (Å²) in [6, 6.07) is 11.3. The Morgan fingerprint density at radius 1 is 1.26 bits per heavy atom. The average Bonchev–Trinajstić information content (AvgIpc) is 3.32. The molecular formula is C24H27N5O6. The van der Waals surface area contributed by atoms with E-state index >= 15 is 0 Å². The highest BCUT2D eigenvalue weighted by Crippen LogP contribution is 2.35. The van der Waals surface area contributed by atoms with Crippen molar-refractivity contribution in [3.05, 3.63) is 58.1 Å². The summed E-state index contributed by atoms with van der Waals surface area (Å²) in [6.45, 7) is 6.63. The van der Waals surface area contributed by atoms with E-state index in [1.165, 1.54) is 11.0 Å². The van der Waals surface area contributed by atoms with Gasteiger partial charge in [-0.3, -0.25) is 15.0 Å². The lowest BCUT2D eigenvalue weighted by atomic mass is 9.99. The summed E-state index contributed by atoms with van der Waals surface area (Å²) in [5.74, 6) is 1.01. The van der Waals surface area contributed by atoms with E-state index < -0.39 is 22.7 Å². The van der Waals surface area contributed by atoms with E-state index in [-0.39, 0.29) is 11.6 Å². The van der Waals surface area contributed by atoms with E-state index in [1.54, 1.807) is 52.1 Å². The van der Waals surface area contributed by atoms with Crippen LogP contribution in [0.5, 0.6) is 5.75 Å². The number of nitrogens with zero attached hydrogens (tertiary/aromatic N) is 4. The molecule has 184 valence electrons. The number of ether oxygens (including phenoxy) is 2. The van der Waals surface area contributed by atoms with Crippen LogP contribution in [-0.2, 0) is 4.74 Å². The summed E-state index contributed by atoms with van der Waals surface area (Å²) >= 11 is 0. The Bertz CT molecular complexity index is 1240. The van der Waals surface area contributed by atoms with Crippen molar-refractivity contribution in [2.24, 2.45) is 0 Å². The minimum Gasteiger partial charge on any atom is -0.496 e. The number of carbonyl (C=O) groups excluding carboxylic acids is 1. The van der Waals surface area contributed by atoms with Crippen molar-refractivity contribution in [3.63, 3.8) is 0 Å². The molecule has 4 rings (SSSR count). The third-order valence-electron chi connectivity index (χ3n) is 5.48. The molecule has 11 heteroatoms. The van der Waals surface area contributed by atoms with Gasteiger partial charge >= 0.3 is 6.09 Å². The number of aromatic nitrogens is 2. The molecular weight excluding hydrogens is 454 g/mol. The first-order valence-corrected chi connectivity index (χ1v) is 11.1. The predicted molar refractivity (Wildman–Crippen MR) is 127 cm³/mol. The molecule has 0 saturated carbocycles. The maximum absolute atomic E-state index is 12.8. The Balaban J connectivity index is 1.68. The number of amides is 1. The monoisotopic (exact) mass is 481 g/mol. The van der Waals surface area contributed by atoms with Gasteiger partial charge in [0.25, 0.3) is 11.6 Å². The minimum atomic E-state index is -0.681. The molecule has 0 aliphatic carbocycles. The number of nitro benzene ring substituents is 1. The fraction of sp³-hybridized carbons (Fsp3) is 0.375. The number of hydrogen-bond acceptors (Lipinski definition) is 9. The molecule has 1 atom stereocenters. The number of hydrogen-bond donors (Lipinski definition) is 1. The van der Waals surface area contributed by atoms with Gasteiger partial charge in [-0.05, 0) is 45.0 Å². The molecule has 1 saturated heterocycles. The second kappa shape index (κ2) is 9.71. The molecule has 1 N–H and O–H groups in total. The van der Waals surface area contributed by atoms with E-state index in [4.69, 9.17) is 14.0 Å². The standard InChI is InChI=1S/C24H27N5O6/c1-24(2,3)34-23(30)28-12-11-25-14-19(28)16-10-9-15(13-18(16)29(31)32)22-26-21(27-35-22)17-7-5-6-8-20(17)33-4/h5-10,13,19,25H,11-12,14H2,1-4H3. The number of nitro groups is 1. The lowest BCUT2D eigenvalue weighted by Crippen LogP contribution is -2.50. The summed E-state index contributed by atoms with van der Waals surface area (Å²) < 4.78 is 16.3. The van der Waals surface area contributed by atoms with E-state index in [0.717, 1.165) is 0 Å². The van der Waals surface area contributed by atoms with E-state index in [9.17, 15) is 14.9 Å². The van der Waals surface area contributed by atoms with Crippen molar-refractivity contribution >= 4 is 11.8 Å². The molecule has 2 aromatic carbocycles. The molecule has 35 heavy (non-hydrogen) atoms. The normalized spacial score (nSPS) is 16.1. The first-order valence-electron chi connectivity index (χ1n) is 11.1. The fourth-order valence-electron chi connectivity index (χ4n) is 3.92. The number of para-hydroxylation sites is 1. The minimum absolute atomic E-state index is 0.131. The van der Waals surface area contributed by atoms with Crippen molar-refractivity contribution in [1.82, 2.24) is 20.4 Å². The van der Waals surface area contributed by atoms with Crippen molar-refractivity contribution in [1.29, 1.82) is 0 Å². The molecule has 11 nitrogen and oxygen atoms in total. The van der Waals surface area contributed by atoms with Crippen LogP contribution < -0.4 is 10.1 Å². The van der Waals surface area contributed by atoms with Crippen molar-refractivity contribution in [2.75, 3.05) is 26.7 Å². The summed E-state index contributed by atoms with van der Waals surface area (Å²) in [5.41, 5.74) is 0.585. The van der Waals surface area contributed by atoms with Crippen LogP contribution in [0.3, 0.4) is 0 Å². The fourth-order valence-corrected chi connectivity index (χ4v) is 3.92. The Kier molecular flexibility index (Phi) is 6.70. The van der Waals surface area contributed by atoms with Gasteiger partial charge in [0.2, 0.25) is 5.82 Å². The number of piperazine rings is 1. The van der Waals surface area contributed by atoms with Crippen LogP contribution in [0.4, 0.5) is 10.5 Å². The van der Waals surface area contributed by atoms with Crippen LogP contribution >= 0.6 is 0 Å². The van der Waals surface area contributed by atoms with E-state index in [1.807, 2.05) is 12.1 Å². The highest BCUT2D eigenvalue weighted by Gasteiger charge is 2.35. The highest BCUT2D eigenvalue weighted by molar-refractivity contribution is 5.71. The van der Waals surface area contributed by atoms with Crippen LogP contribution in [0.2, 0.25) is 0 Å². The molecule has 1 amide bonds. The van der Waals surface area contributed by atoms with Crippen LogP contribution in [0.1, 0.15) is 32.4 Å². The van der Waals surface area contributed by atoms with Gasteiger partial charge in [-0.25, -0.2) is 4.79 Å². The van der Waals surface area contributed by atoms with Crippen LogP contribution in [0.25, 0.3) is 22.8 Å². The van der Waals surface area contributed by atoms with Crippen LogP contribution in [0, 0.1) is 10.1 Å². The van der Waals surface area contributed by atoms with E-state index in [0.29, 0.717) is 47.9 Å². The number of rotatable bonds is 5. The third kappa shape index (κ3) is 5.24. The van der Waals surface area contributed by atoms with Crippen molar-refractivity contribution in [3.8, 4) is 28.6 Å². The molecule has 1 unspecified atom stereocenters. The zero-order valence-electron chi connectivity index (χ0n) is 20.0. The first-order chi connectivity index (χ1) is 16.7. The number of carbonyl (C=O) groups is 1. The summed E-state index contributed by atoms with van der Waals surface area (Å²) in [5, 5.41) is 19.2. The largest absolute Gasteiger partial charge is 0.496 e. The average molecular weight is 482 g/mol. The Hall–Kier alpha value is -3.99. The molecule has 0 spiro atoms. The Morgan fingerprint density at radius 2 is 2.03 bits per heavy atom. The highest BCUT2D eigenvalue weighted by atomic mass is 16.6. The van der Waals surface area contributed by atoms with Gasteiger partial charge in [-0.2, -0.15) is 4.98 Å². The van der Waals surface area contributed by atoms with Gasteiger partial charge in [-0.1, -0.05) is 17.3 Å². The van der Waals surface area contributed by atoms with E-state index in [2.05, 4.69) is 15.5 Å². The molecule has 1 aromatic heterocycles. The Labute approximate surface area is 202 Å². The quantitative estimate of drug-likeness (QED) is 0.420. The molecule has 2 heterocycles. The zero-order valence-corrected chi connectivity index (χ0v) is 20.0. The topological polar surface area (TPSA) is 133 Å². The van der Waals surface area contributed by atoms with Gasteiger partial charge in [0.1, 0.15) is 11.4 Å². The number of nitrogens with one attached hydrogen (secondary N) is 1. The molecule has 3 aromatic rings. The van der Waals surface area contributed by atoms with Gasteiger partial charge < -0.3 is 19.3 Å². The maximum Gasteiger partial charge on any atom is 0.410 e. The molecule has 0 radical (unpaired) electrons. The molecule has 1 fully saturated rings. The Morgan fingerprint density at radius 3 is 2.74 bits per heavy atom. The summed E-state index contributed by atoms with van der Waals surface area (Å²) in [4.78, 5) is 30.3. The summed E-state index contributed by atoms with van der Waals surface area (Å²) in [7, 11) is 1.54. The molecule has 1 aliphatic heterocycles. The first kappa shape index (κ1) is 24.1. The number of benzene rings is 2. The number of methoxy groups -OCH3 is 1. The smallest absolute Gasteiger partial charge is 0.410 e. The van der Waals surface area contributed by atoms with Gasteiger partial charge in [0.05, 0.1) is 29.2 Å². The van der Waals surface area contributed by atoms with Crippen LogP contribution in [0.15, 0.2) is 47.0 Å². The second-order valence-corrected chi connectivity index (χ2v) is 9.05. The maximum atomic E-state index is 12.8. The molecule has 1 aliphatic rings. The predicted octanol–water partition coefficient (Wildman–Crippen LogP) is 4.20. The summed E-state index contributed by atoms with van der Waals surface area (Å²) in [6.07, 6.45) is -0.513. The lowest BCUT2D eigenvalue weighted by Gasteiger charge is -2.37. The van der Waals surface area contributed by atoms with Crippen molar-refractivity contribution in [2.45, 2.75) is 32.4 Å². The van der Waals surface area contributed by atoms with Crippen LogP contribution in [-0.4, -0.2) is 58.4 Å². The van der Waals surface area contributed by atoms with Gasteiger partial charge in [0, 0.05) is 31.3 Å². The second-order valence-electron chi connectivity index (χ2n) is 9.05. The SMILES string of the molecule is COc1ccccc1-c1noc(-c2ccc(C3CNCCN3C(=O)OC(C)(C)C)c([N+](=O)[O-])c2)n1. The lowest BCUT2D eigenvalue weighted by molar-refractivity contribution is -0.385. The zero-order chi connectivity index (χ0) is 25.2. The van der Waals surface area contributed by atoms with Crippen molar-refractivity contribution < 1.29 is 23.7 Å². The van der Waals surface area contributed by atoms with Gasteiger partial charge in [-0.15, -0.1) is 0 Å². The molecule has 0 bridgehead atoms. The third-order valence-corrected chi connectivity index (χ3v) is 5.48. The van der Waals surface area contributed by atoms with Gasteiger partial charge in [0.15, 0.2) is 0 Å².